The highest BCUT2D eigenvalue weighted by molar-refractivity contribution is 7.99. The fourth-order valence-electron chi connectivity index (χ4n) is 3.63. The number of ether oxygens (including phenoxy) is 1. The Hall–Kier alpha value is -1.47. The molecule has 2 aliphatic rings. The molecule has 1 aliphatic carbocycles. The Bertz CT molecular complexity index is 567. The van der Waals surface area contributed by atoms with Gasteiger partial charge in [0.15, 0.2) is 0 Å². The second kappa shape index (κ2) is 9.46. The number of thioether (sulfide) groups is 1. The molecule has 2 atom stereocenters. The van der Waals surface area contributed by atoms with Crippen molar-refractivity contribution in [3.63, 3.8) is 0 Å². The molecule has 1 saturated carbocycles. The summed E-state index contributed by atoms with van der Waals surface area (Å²) in [5.74, 6) is 1.90. The van der Waals surface area contributed by atoms with E-state index in [1.807, 2.05) is 23.9 Å². The number of hydrogen-bond donors (Lipinski definition) is 2. The van der Waals surface area contributed by atoms with Gasteiger partial charge < -0.3 is 20.3 Å². The molecule has 0 aromatic carbocycles. The van der Waals surface area contributed by atoms with Gasteiger partial charge in [0, 0.05) is 30.6 Å². The van der Waals surface area contributed by atoms with Gasteiger partial charge in [0.25, 0.3) is 0 Å². The zero-order valence-corrected chi connectivity index (χ0v) is 16.6. The van der Waals surface area contributed by atoms with E-state index < -0.39 is 0 Å². The number of nitrogens with one attached hydrogen (secondary N) is 2. The largest absolute Gasteiger partial charge is 0.372 e. The molecule has 2 amide bonds. The number of nitrogens with zero attached hydrogens (tertiary/aromatic N) is 2. The third-order valence-electron chi connectivity index (χ3n) is 4.79. The number of carbonyl (C=O) groups is 1. The van der Waals surface area contributed by atoms with E-state index in [1.54, 1.807) is 6.20 Å². The van der Waals surface area contributed by atoms with E-state index in [2.05, 4.69) is 34.4 Å². The predicted octanol–water partition coefficient (Wildman–Crippen LogP) is 3.49. The van der Waals surface area contributed by atoms with Crippen LogP contribution in [-0.4, -0.2) is 53.9 Å². The minimum atomic E-state index is -0.166. The average molecular weight is 379 g/mol. The quantitative estimate of drug-likeness (QED) is 0.742. The summed E-state index contributed by atoms with van der Waals surface area (Å²) >= 11 is 1.98. The maximum Gasteiger partial charge on any atom is 0.319 e. The van der Waals surface area contributed by atoms with E-state index in [-0.39, 0.29) is 18.2 Å². The van der Waals surface area contributed by atoms with Crippen LogP contribution in [0.15, 0.2) is 18.3 Å². The molecule has 1 aromatic heterocycles. The highest BCUT2D eigenvalue weighted by Gasteiger charge is 2.23. The number of hydrogen-bond acceptors (Lipinski definition) is 5. The van der Waals surface area contributed by atoms with Crippen molar-refractivity contribution in [3.8, 4) is 0 Å². The molecule has 1 aromatic rings. The third-order valence-corrected chi connectivity index (χ3v) is 6.18. The van der Waals surface area contributed by atoms with Crippen molar-refractivity contribution in [1.29, 1.82) is 0 Å². The first kappa shape index (κ1) is 19.3. The monoisotopic (exact) mass is 378 g/mol. The Balaban J connectivity index is 1.39. The van der Waals surface area contributed by atoms with Gasteiger partial charge in [-0.25, -0.2) is 9.78 Å². The normalized spacial score (nSPS) is 23.8. The predicted molar refractivity (Wildman–Crippen MR) is 108 cm³/mol. The molecule has 0 bridgehead atoms. The molecule has 0 spiro atoms. The summed E-state index contributed by atoms with van der Waals surface area (Å²) in [7, 11) is 0. The molecule has 144 valence electrons. The number of urea groups is 1. The fraction of sp³-hybridized carbons (Fsp3) is 0.684. The van der Waals surface area contributed by atoms with Crippen molar-refractivity contribution in [2.45, 2.75) is 57.0 Å². The molecule has 0 unspecified atom stereocenters. The molecule has 1 aliphatic heterocycles. The Labute approximate surface area is 160 Å². The topological polar surface area (TPSA) is 66.5 Å². The van der Waals surface area contributed by atoms with Gasteiger partial charge in [0.1, 0.15) is 5.82 Å². The molecular formula is C19H30N4O2S. The van der Waals surface area contributed by atoms with Crippen molar-refractivity contribution in [1.82, 2.24) is 10.3 Å². The van der Waals surface area contributed by atoms with E-state index in [4.69, 9.17) is 4.74 Å². The van der Waals surface area contributed by atoms with E-state index >= 15 is 0 Å². The van der Waals surface area contributed by atoms with Gasteiger partial charge in [-0.05, 0) is 38.8 Å². The fourth-order valence-corrected chi connectivity index (χ4v) is 4.85. The molecule has 26 heavy (non-hydrogen) atoms. The second-order valence-corrected chi connectivity index (χ2v) is 8.63. The molecule has 3 rings (SSSR count). The van der Waals surface area contributed by atoms with Gasteiger partial charge in [-0.3, -0.25) is 0 Å². The molecule has 6 nitrogen and oxygen atoms in total. The molecule has 2 fully saturated rings. The zero-order valence-electron chi connectivity index (χ0n) is 15.7. The number of pyridine rings is 1. The van der Waals surface area contributed by atoms with Crippen molar-refractivity contribution in [2.75, 3.05) is 35.6 Å². The summed E-state index contributed by atoms with van der Waals surface area (Å²) in [4.78, 5) is 18.7. The molecule has 1 saturated heterocycles. The van der Waals surface area contributed by atoms with Crippen LogP contribution < -0.4 is 15.5 Å². The summed E-state index contributed by atoms with van der Waals surface area (Å²) in [5.41, 5.74) is 0.712. The minimum Gasteiger partial charge on any atom is -0.372 e. The first-order valence-electron chi connectivity index (χ1n) is 9.63. The van der Waals surface area contributed by atoms with Gasteiger partial charge in [0.2, 0.25) is 0 Å². The highest BCUT2D eigenvalue weighted by Crippen LogP contribution is 2.28. The van der Waals surface area contributed by atoms with Crippen LogP contribution in [0.2, 0.25) is 0 Å². The van der Waals surface area contributed by atoms with Crippen molar-refractivity contribution in [2.24, 2.45) is 0 Å². The van der Waals surface area contributed by atoms with Crippen LogP contribution in [0.3, 0.4) is 0 Å². The lowest BCUT2D eigenvalue weighted by Crippen LogP contribution is -2.45. The number of anilines is 2. The lowest BCUT2D eigenvalue weighted by atomic mass is 10.2. The summed E-state index contributed by atoms with van der Waals surface area (Å²) in [6, 6.07) is 3.69. The van der Waals surface area contributed by atoms with Crippen LogP contribution in [0.1, 0.15) is 39.5 Å². The molecule has 2 heterocycles. The lowest BCUT2D eigenvalue weighted by Gasteiger charge is -2.36. The second-order valence-electron chi connectivity index (χ2n) is 7.23. The number of rotatable bonds is 6. The SMILES string of the molecule is C[C@@H]1CN(c2ccc(NC(=O)NCCSC3CCCC3)cn2)C[C@@H](C)O1. The van der Waals surface area contributed by atoms with Gasteiger partial charge in [-0.15, -0.1) is 0 Å². The third kappa shape index (κ3) is 5.77. The number of aromatic nitrogens is 1. The van der Waals surface area contributed by atoms with E-state index in [0.717, 1.165) is 29.9 Å². The van der Waals surface area contributed by atoms with Gasteiger partial charge in [0.05, 0.1) is 24.1 Å². The van der Waals surface area contributed by atoms with Crippen molar-refractivity contribution >= 4 is 29.3 Å². The maximum absolute atomic E-state index is 12.0. The maximum atomic E-state index is 12.0. The number of morpholine rings is 1. The summed E-state index contributed by atoms with van der Waals surface area (Å²) in [5, 5.41) is 6.57. The molecule has 7 heteroatoms. The van der Waals surface area contributed by atoms with Crippen LogP contribution in [0.25, 0.3) is 0 Å². The highest BCUT2D eigenvalue weighted by atomic mass is 32.2. The number of amides is 2. The van der Waals surface area contributed by atoms with E-state index in [9.17, 15) is 4.79 Å². The Morgan fingerprint density at radius 1 is 1.27 bits per heavy atom. The standard InChI is InChI=1S/C19H30N4O2S/c1-14-12-23(13-15(2)25-14)18-8-7-16(11-21-18)22-19(24)20-9-10-26-17-5-3-4-6-17/h7-8,11,14-15,17H,3-6,9-10,12-13H2,1-2H3,(H2,20,22,24)/t14-,15-/m1/s1. The van der Waals surface area contributed by atoms with Crippen LogP contribution >= 0.6 is 11.8 Å². The molecule has 2 N–H and O–H groups in total. The van der Waals surface area contributed by atoms with Gasteiger partial charge in [-0.2, -0.15) is 11.8 Å². The van der Waals surface area contributed by atoms with Crippen LogP contribution in [-0.2, 0) is 4.74 Å². The van der Waals surface area contributed by atoms with E-state index in [1.165, 1.54) is 25.7 Å². The zero-order chi connectivity index (χ0) is 18.4. The Kier molecular flexibility index (Phi) is 7.02. The summed E-state index contributed by atoms with van der Waals surface area (Å²) in [6.07, 6.45) is 7.49. The van der Waals surface area contributed by atoms with Crippen molar-refractivity contribution in [3.05, 3.63) is 18.3 Å². The summed E-state index contributed by atoms with van der Waals surface area (Å²) in [6.45, 7) is 6.52. The van der Waals surface area contributed by atoms with Crippen LogP contribution in [0, 0.1) is 0 Å². The minimum absolute atomic E-state index is 0.166. The van der Waals surface area contributed by atoms with Gasteiger partial charge in [-0.1, -0.05) is 12.8 Å². The first-order chi connectivity index (χ1) is 12.6. The molecular weight excluding hydrogens is 348 g/mol. The lowest BCUT2D eigenvalue weighted by molar-refractivity contribution is -0.00545. The number of carbonyl (C=O) groups excluding carboxylic acids is 1. The first-order valence-corrected chi connectivity index (χ1v) is 10.7. The molecule has 0 radical (unpaired) electrons. The van der Waals surface area contributed by atoms with Crippen LogP contribution in [0.5, 0.6) is 0 Å². The van der Waals surface area contributed by atoms with E-state index in [0.29, 0.717) is 12.2 Å². The van der Waals surface area contributed by atoms with Crippen molar-refractivity contribution < 1.29 is 9.53 Å². The Morgan fingerprint density at radius 3 is 2.65 bits per heavy atom. The van der Waals surface area contributed by atoms with Crippen LogP contribution in [0.4, 0.5) is 16.3 Å². The average Bonchev–Trinajstić information content (AvgIpc) is 3.12. The van der Waals surface area contributed by atoms with Gasteiger partial charge >= 0.3 is 6.03 Å². The Morgan fingerprint density at radius 2 is 2.00 bits per heavy atom. The smallest absolute Gasteiger partial charge is 0.319 e. The summed E-state index contributed by atoms with van der Waals surface area (Å²) < 4.78 is 5.76.